The van der Waals surface area contributed by atoms with Gasteiger partial charge in [-0.05, 0) is 26.8 Å². The number of halogens is 1. The van der Waals surface area contributed by atoms with Crippen molar-refractivity contribution in [2.24, 2.45) is 0 Å². The van der Waals surface area contributed by atoms with Crippen molar-refractivity contribution in [3.05, 3.63) is 17.4 Å². The van der Waals surface area contributed by atoms with Gasteiger partial charge in [-0.15, -0.1) is 0 Å². The molecule has 1 aromatic heterocycles. The summed E-state index contributed by atoms with van der Waals surface area (Å²) in [4.78, 5) is 33.8. The Labute approximate surface area is 145 Å². The molecule has 1 aliphatic heterocycles. The first-order valence-corrected chi connectivity index (χ1v) is 7.90. The molecule has 0 aliphatic carbocycles. The fourth-order valence-corrected chi connectivity index (χ4v) is 2.55. The molecular formula is C15H21ClN4O4. The van der Waals surface area contributed by atoms with Crippen LogP contribution in [0.25, 0.3) is 0 Å². The highest BCUT2D eigenvalue weighted by molar-refractivity contribution is 6.29. The third kappa shape index (κ3) is 4.70. The van der Waals surface area contributed by atoms with Crippen molar-refractivity contribution >= 4 is 29.6 Å². The van der Waals surface area contributed by atoms with Crippen molar-refractivity contribution in [3.8, 4) is 0 Å². The molecule has 1 N–H and O–H groups in total. The van der Waals surface area contributed by atoms with E-state index in [2.05, 4.69) is 15.3 Å². The number of ether oxygens (including phenoxy) is 2. The fraction of sp³-hybridized carbons (Fsp3) is 0.600. The van der Waals surface area contributed by atoms with E-state index in [1.54, 1.807) is 26.8 Å². The van der Waals surface area contributed by atoms with Crippen LogP contribution in [0.1, 0.15) is 27.2 Å². The van der Waals surface area contributed by atoms with E-state index in [0.29, 0.717) is 17.5 Å². The van der Waals surface area contributed by atoms with E-state index in [9.17, 15) is 9.59 Å². The number of carbonyl (C=O) groups is 2. The lowest BCUT2D eigenvalue weighted by atomic mass is 10.2. The Bertz CT molecular complexity index is 620. The molecule has 24 heavy (non-hydrogen) atoms. The minimum Gasteiger partial charge on any atom is -0.467 e. The SMILES string of the molecule is COC(=O)C1CC(Nc2nccc(Cl)n2)CN1C(=O)OC(C)(C)C. The van der Waals surface area contributed by atoms with Crippen LogP contribution in [0, 0.1) is 0 Å². The van der Waals surface area contributed by atoms with E-state index in [-0.39, 0.29) is 12.6 Å². The van der Waals surface area contributed by atoms with Gasteiger partial charge in [0.05, 0.1) is 7.11 Å². The molecule has 0 saturated carbocycles. The van der Waals surface area contributed by atoms with E-state index in [4.69, 9.17) is 21.1 Å². The maximum absolute atomic E-state index is 12.4. The van der Waals surface area contributed by atoms with E-state index in [1.165, 1.54) is 18.2 Å². The maximum atomic E-state index is 12.4. The minimum atomic E-state index is -0.721. The molecule has 8 nitrogen and oxygen atoms in total. The van der Waals surface area contributed by atoms with Crippen LogP contribution < -0.4 is 5.32 Å². The van der Waals surface area contributed by atoms with Crippen LogP contribution in [0.15, 0.2) is 12.3 Å². The predicted molar refractivity (Wildman–Crippen MR) is 87.8 cm³/mol. The Balaban J connectivity index is 2.11. The van der Waals surface area contributed by atoms with E-state index < -0.39 is 23.7 Å². The van der Waals surface area contributed by atoms with Gasteiger partial charge in [0.25, 0.3) is 0 Å². The number of carbonyl (C=O) groups excluding carboxylic acids is 2. The van der Waals surface area contributed by atoms with Crippen LogP contribution in [-0.4, -0.2) is 58.3 Å². The summed E-state index contributed by atoms with van der Waals surface area (Å²) in [5.74, 6) is -0.153. The van der Waals surface area contributed by atoms with E-state index in [1.807, 2.05) is 0 Å². The van der Waals surface area contributed by atoms with Crippen LogP contribution >= 0.6 is 11.6 Å². The zero-order chi connectivity index (χ0) is 17.9. The van der Waals surface area contributed by atoms with Crippen LogP contribution in [0.3, 0.4) is 0 Å². The lowest BCUT2D eigenvalue weighted by Gasteiger charge is -2.27. The second-order valence-corrected chi connectivity index (χ2v) is 6.84. The Morgan fingerprint density at radius 2 is 2.12 bits per heavy atom. The van der Waals surface area contributed by atoms with E-state index >= 15 is 0 Å². The topological polar surface area (TPSA) is 93.6 Å². The number of esters is 1. The number of rotatable bonds is 3. The molecule has 2 rings (SSSR count). The normalized spacial score (nSPS) is 20.6. The van der Waals surface area contributed by atoms with E-state index in [0.717, 1.165) is 0 Å². The smallest absolute Gasteiger partial charge is 0.411 e. The van der Waals surface area contributed by atoms with Crippen molar-refractivity contribution in [1.29, 1.82) is 0 Å². The van der Waals surface area contributed by atoms with Gasteiger partial charge in [0.15, 0.2) is 0 Å². The first-order valence-electron chi connectivity index (χ1n) is 7.52. The van der Waals surface area contributed by atoms with Gasteiger partial charge in [-0.1, -0.05) is 11.6 Å². The lowest BCUT2D eigenvalue weighted by Crippen LogP contribution is -2.44. The largest absolute Gasteiger partial charge is 0.467 e. The molecule has 1 amide bonds. The molecule has 2 heterocycles. The lowest BCUT2D eigenvalue weighted by molar-refractivity contribution is -0.145. The molecule has 1 aromatic rings. The van der Waals surface area contributed by atoms with Gasteiger partial charge in [0.2, 0.25) is 5.95 Å². The molecule has 1 saturated heterocycles. The molecule has 1 aliphatic rings. The maximum Gasteiger partial charge on any atom is 0.411 e. The molecule has 1 fully saturated rings. The molecular weight excluding hydrogens is 336 g/mol. The summed E-state index contributed by atoms with van der Waals surface area (Å²) in [5.41, 5.74) is -0.653. The molecule has 2 unspecified atom stereocenters. The third-order valence-electron chi connectivity index (χ3n) is 3.36. The van der Waals surface area contributed by atoms with Gasteiger partial charge in [-0.2, -0.15) is 0 Å². The first-order chi connectivity index (χ1) is 11.2. The van der Waals surface area contributed by atoms with Crippen molar-refractivity contribution in [3.63, 3.8) is 0 Å². The van der Waals surface area contributed by atoms with Gasteiger partial charge in [0.1, 0.15) is 16.8 Å². The van der Waals surface area contributed by atoms with Gasteiger partial charge in [0, 0.05) is 25.2 Å². The third-order valence-corrected chi connectivity index (χ3v) is 3.57. The summed E-state index contributed by atoms with van der Waals surface area (Å²) in [6, 6.07) is 0.618. The number of hydrogen-bond donors (Lipinski definition) is 1. The number of amides is 1. The second-order valence-electron chi connectivity index (χ2n) is 6.45. The standard InChI is InChI=1S/C15H21ClN4O4/c1-15(2,3)24-14(22)20-8-9(7-10(20)12(21)23-4)18-13-17-6-5-11(16)19-13/h5-6,9-10H,7-8H2,1-4H3,(H,17,18,19). The Kier molecular flexibility index (Phi) is 5.48. The van der Waals surface area contributed by atoms with Crippen LogP contribution in [0.2, 0.25) is 5.15 Å². The zero-order valence-electron chi connectivity index (χ0n) is 14.1. The molecule has 0 bridgehead atoms. The van der Waals surface area contributed by atoms with Gasteiger partial charge < -0.3 is 14.8 Å². The quantitative estimate of drug-likeness (QED) is 0.654. The average Bonchev–Trinajstić information content (AvgIpc) is 2.88. The number of hydrogen-bond acceptors (Lipinski definition) is 7. The summed E-state index contributed by atoms with van der Waals surface area (Å²) in [6.07, 6.45) is 1.33. The van der Waals surface area contributed by atoms with Crippen molar-refractivity contribution in [1.82, 2.24) is 14.9 Å². The monoisotopic (exact) mass is 356 g/mol. The summed E-state index contributed by atoms with van der Waals surface area (Å²) < 4.78 is 10.2. The Morgan fingerprint density at radius 3 is 2.71 bits per heavy atom. The van der Waals surface area contributed by atoms with Gasteiger partial charge in [-0.3, -0.25) is 4.90 Å². The molecule has 2 atom stereocenters. The number of aromatic nitrogens is 2. The molecule has 132 valence electrons. The number of anilines is 1. The fourth-order valence-electron chi connectivity index (χ4n) is 2.41. The number of methoxy groups -OCH3 is 1. The zero-order valence-corrected chi connectivity index (χ0v) is 14.8. The summed E-state index contributed by atoms with van der Waals surface area (Å²) in [6.45, 7) is 5.57. The van der Waals surface area contributed by atoms with Crippen LogP contribution in [0.4, 0.5) is 10.7 Å². The average molecular weight is 357 g/mol. The molecule has 0 spiro atoms. The summed E-state index contributed by atoms with van der Waals surface area (Å²) in [7, 11) is 1.29. The van der Waals surface area contributed by atoms with Crippen molar-refractivity contribution in [2.45, 2.75) is 44.9 Å². The van der Waals surface area contributed by atoms with Crippen molar-refractivity contribution in [2.75, 3.05) is 19.0 Å². The highest BCUT2D eigenvalue weighted by Gasteiger charge is 2.42. The molecule has 9 heteroatoms. The van der Waals surface area contributed by atoms with Gasteiger partial charge >= 0.3 is 12.1 Å². The van der Waals surface area contributed by atoms with Crippen LogP contribution in [0.5, 0.6) is 0 Å². The first kappa shape index (κ1) is 18.3. The summed E-state index contributed by atoms with van der Waals surface area (Å²) >= 11 is 5.83. The Hall–Kier alpha value is -2.09. The minimum absolute atomic E-state index is 0.222. The number of nitrogens with one attached hydrogen (secondary N) is 1. The van der Waals surface area contributed by atoms with Crippen LogP contribution in [-0.2, 0) is 14.3 Å². The number of likely N-dealkylation sites (tertiary alicyclic amines) is 1. The molecule has 0 aromatic carbocycles. The second kappa shape index (κ2) is 7.21. The van der Waals surface area contributed by atoms with Crippen molar-refractivity contribution < 1.29 is 19.1 Å². The highest BCUT2D eigenvalue weighted by atomic mass is 35.5. The van der Waals surface area contributed by atoms with Gasteiger partial charge in [-0.25, -0.2) is 19.6 Å². The predicted octanol–water partition coefficient (Wildman–Crippen LogP) is 2.09. The number of nitrogens with zero attached hydrogens (tertiary/aromatic N) is 3. The summed E-state index contributed by atoms with van der Waals surface area (Å²) in [5, 5.41) is 3.38. The Morgan fingerprint density at radius 1 is 1.42 bits per heavy atom. The molecule has 0 radical (unpaired) electrons. The highest BCUT2D eigenvalue weighted by Crippen LogP contribution is 2.24.